The molecule has 102 valence electrons. The van der Waals surface area contributed by atoms with Crippen LogP contribution in [0, 0.1) is 11.3 Å². The first-order valence-electron chi connectivity index (χ1n) is 5.12. The number of hydrogen-bond donors (Lipinski definition) is 1. The number of carbonyl (C=O) groups is 1. The molecule has 1 aromatic carbocycles. The molecule has 1 N–H and O–H groups in total. The Kier molecular flexibility index (Phi) is 5.18. The highest BCUT2D eigenvalue weighted by Crippen LogP contribution is 2.22. The van der Waals surface area contributed by atoms with Gasteiger partial charge in [0, 0.05) is 15.7 Å². The van der Waals surface area contributed by atoms with Crippen molar-refractivity contribution < 1.29 is 13.2 Å². The fourth-order valence-corrected chi connectivity index (χ4v) is 2.59. The van der Waals surface area contributed by atoms with E-state index in [0.717, 1.165) is 0 Å². The van der Waals surface area contributed by atoms with Crippen molar-refractivity contribution in [2.45, 2.75) is 12.2 Å². The average molecular weight is 321 g/mol. The van der Waals surface area contributed by atoms with Crippen molar-refractivity contribution >= 4 is 44.6 Å². The van der Waals surface area contributed by atoms with Crippen LogP contribution in [0.25, 0.3) is 0 Å². The smallest absolute Gasteiger partial charge is 0.242 e. The Balaban J connectivity index is 2.89. The van der Waals surface area contributed by atoms with Crippen molar-refractivity contribution in [2.75, 3.05) is 11.1 Å². The van der Waals surface area contributed by atoms with Gasteiger partial charge in [-0.2, -0.15) is 5.26 Å². The summed E-state index contributed by atoms with van der Waals surface area (Å²) < 4.78 is 23.1. The van der Waals surface area contributed by atoms with Gasteiger partial charge >= 0.3 is 0 Å². The van der Waals surface area contributed by atoms with Gasteiger partial charge in [-0.05, 0) is 25.1 Å². The Morgan fingerprint density at radius 1 is 1.37 bits per heavy atom. The van der Waals surface area contributed by atoms with E-state index < -0.39 is 26.7 Å². The standard InChI is InChI=1S/C11H10Cl2N2O3S/c1-7(19(17,18)3-2-14)11(16)15-10-5-8(12)4-9(13)6-10/h4-7H,3H2,1H3,(H,15,16). The average Bonchev–Trinajstić information content (AvgIpc) is 2.26. The molecule has 1 unspecified atom stereocenters. The SMILES string of the molecule is CC(C(=O)Nc1cc(Cl)cc(Cl)c1)S(=O)(=O)CC#N. The molecule has 0 bridgehead atoms. The van der Waals surface area contributed by atoms with Crippen LogP contribution in [0.5, 0.6) is 0 Å². The van der Waals surface area contributed by atoms with Crippen molar-refractivity contribution in [3.05, 3.63) is 28.2 Å². The fourth-order valence-electron chi connectivity index (χ4n) is 1.25. The number of anilines is 1. The topological polar surface area (TPSA) is 87.0 Å². The van der Waals surface area contributed by atoms with Crippen molar-refractivity contribution in [3.8, 4) is 6.07 Å². The summed E-state index contributed by atoms with van der Waals surface area (Å²) in [6.45, 7) is 1.22. The summed E-state index contributed by atoms with van der Waals surface area (Å²) in [5.74, 6) is -1.45. The van der Waals surface area contributed by atoms with Gasteiger partial charge in [-0.3, -0.25) is 4.79 Å². The van der Waals surface area contributed by atoms with Crippen molar-refractivity contribution in [1.29, 1.82) is 5.26 Å². The van der Waals surface area contributed by atoms with Gasteiger partial charge < -0.3 is 5.32 Å². The van der Waals surface area contributed by atoms with E-state index in [1.165, 1.54) is 31.2 Å². The molecule has 0 aliphatic rings. The Hall–Kier alpha value is -1.29. The first-order valence-corrected chi connectivity index (χ1v) is 7.59. The third kappa shape index (κ3) is 4.39. The Morgan fingerprint density at radius 3 is 2.37 bits per heavy atom. The molecule has 0 saturated carbocycles. The van der Waals surface area contributed by atoms with Crippen LogP contribution in [0.1, 0.15) is 6.92 Å². The predicted molar refractivity (Wildman–Crippen MR) is 74.0 cm³/mol. The van der Waals surface area contributed by atoms with E-state index in [1.54, 1.807) is 0 Å². The van der Waals surface area contributed by atoms with Crippen molar-refractivity contribution in [3.63, 3.8) is 0 Å². The van der Waals surface area contributed by atoms with E-state index >= 15 is 0 Å². The number of rotatable bonds is 4. The second kappa shape index (κ2) is 6.24. The summed E-state index contributed by atoms with van der Waals surface area (Å²) in [5, 5.41) is 10.1. The molecule has 0 radical (unpaired) electrons. The lowest BCUT2D eigenvalue weighted by molar-refractivity contribution is -0.115. The maximum atomic E-state index is 11.8. The number of nitriles is 1. The van der Waals surface area contributed by atoms with Gasteiger partial charge in [0.15, 0.2) is 9.84 Å². The maximum Gasteiger partial charge on any atom is 0.242 e. The fraction of sp³-hybridized carbons (Fsp3) is 0.273. The van der Waals surface area contributed by atoms with Crippen LogP contribution in [0.4, 0.5) is 5.69 Å². The number of carbonyl (C=O) groups excluding carboxylic acids is 1. The summed E-state index contributed by atoms with van der Waals surface area (Å²) in [6.07, 6.45) is 0. The second-order valence-corrected chi connectivity index (χ2v) is 6.95. The predicted octanol–water partition coefficient (Wildman–Crippen LogP) is 2.26. The highest BCUT2D eigenvalue weighted by atomic mass is 35.5. The van der Waals surface area contributed by atoms with E-state index in [2.05, 4.69) is 5.32 Å². The minimum absolute atomic E-state index is 0.293. The van der Waals surface area contributed by atoms with E-state index in [-0.39, 0.29) is 0 Å². The lowest BCUT2D eigenvalue weighted by Crippen LogP contribution is -2.33. The Bertz CT molecular complexity index is 618. The second-order valence-electron chi connectivity index (χ2n) is 3.75. The van der Waals surface area contributed by atoms with E-state index in [4.69, 9.17) is 28.5 Å². The number of sulfone groups is 1. The molecule has 0 spiro atoms. The Labute approximate surface area is 121 Å². The first-order chi connectivity index (χ1) is 8.76. The number of nitrogens with zero attached hydrogens (tertiary/aromatic N) is 1. The normalized spacial score (nSPS) is 12.5. The minimum atomic E-state index is -3.79. The third-order valence-electron chi connectivity index (χ3n) is 2.30. The molecule has 0 aliphatic carbocycles. The number of hydrogen-bond acceptors (Lipinski definition) is 4. The van der Waals surface area contributed by atoms with Crippen LogP contribution in [0.3, 0.4) is 0 Å². The molecular formula is C11H10Cl2N2O3S. The van der Waals surface area contributed by atoms with Gasteiger partial charge in [0.05, 0.1) is 6.07 Å². The van der Waals surface area contributed by atoms with Crippen LogP contribution < -0.4 is 5.32 Å². The van der Waals surface area contributed by atoms with Gasteiger partial charge in [0.1, 0.15) is 11.0 Å². The number of nitrogens with one attached hydrogen (secondary N) is 1. The molecule has 0 heterocycles. The van der Waals surface area contributed by atoms with Crippen molar-refractivity contribution in [2.24, 2.45) is 0 Å². The zero-order valence-electron chi connectivity index (χ0n) is 9.85. The van der Waals surface area contributed by atoms with Gasteiger partial charge in [-0.25, -0.2) is 8.42 Å². The first kappa shape index (κ1) is 15.8. The zero-order chi connectivity index (χ0) is 14.6. The summed E-state index contributed by atoms with van der Waals surface area (Å²) in [5.41, 5.74) is 0.293. The lowest BCUT2D eigenvalue weighted by atomic mass is 10.3. The monoisotopic (exact) mass is 320 g/mol. The molecule has 0 aromatic heterocycles. The Morgan fingerprint density at radius 2 is 1.89 bits per heavy atom. The minimum Gasteiger partial charge on any atom is -0.325 e. The number of halogens is 2. The largest absolute Gasteiger partial charge is 0.325 e. The van der Waals surface area contributed by atoms with E-state index in [0.29, 0.717) is 15.7 Å². The van der Waals surface area contributed by atoms with Gasteiger partial charge in [0.2, 0.25) is 5.91 Å². The highest BCUT2D eigenvalue weighted by molar-refractivity contribution is 7.92. The van der Waals surface area contributed by atoms with Gasteiger partial charge in [-0.15, -0.1) is 0 Å². The molecule has 0 saturated heterocycles. The molecule has 1 rings (SSSR count). The summed E-state index contributed by atoms with van der Waals surface area (Å²) >= 11 is 11.5. The van der Waals surface area contributed by atoms with Crippen LogP contribution in [-0.4, -0.2) is 25.3 Å². The summed E-state index contributed by atoms with van der Waals surface area (Å²) in [6, 6.07) is 5.88. The van der Waals surface area contributed by atoms with Crippen LogP contribution in [-0.2, 0) is 14.6 Å². The molecule has 0 aliphatic heterocycles. The quantitative estimate of drug-likeness (QED) is 0.921. The van der Waals surface area contributed by atoms with Crippen LogP contribution in [0.2, 0.25) is 10.0 Å². The molecule has 1 amide bonds. The van der Waals surface area contributed by atoms with Crippen LogP contribution in [0.15, 0.2) is 18.2 Å². The number of amides is 1. The molecule has 5 nitrogen and oxygen atoms in total. The molecule has 1 aromatic rings. The lowest BCUT2D eigenvalue weighted by Gasteiger charge is -2.11. The number of benzene rings is 1. The molecular weight excluding hydrogens is 311 g/mol. The van der Waals surface area contributed by atoms with Gasteiger partial charge in [0.25, 0.3) is 0 Å². The molecule has 19 heavy (non-hydrogen) atoms. The highest BCUT2D eigenvalue weighted by Gasteiger charge is 2.27. The zero-order valence-corrected chi connectivity index (χ0v) is 12.2. The maximum absolute atomic E-state index is 11.8. The third-order valence-corrected chi connectivity index (χ3v) is 4.56. The van der Waals surface area contributed by atoms with Gasteiger partial charge in [-0.1, -0.05) is 23.2 Å². The van der Waals surface area contributed by atoms with E-state index in [9.17, 15) is 13.2 Å². The van der Waals surface area contributed by atoms with Crippen LogP contribution >= 0.6 is 23.2 Å². The van der Waals surface area contributed by atoms with Crippen molar-refractivity contribution in [1.82, 2.24) is 0 Å². The molecule has 0 fully saturated rings. The summed E-state index contributed by atoms with van der Waals surface area (Å²) in [7, 11) is -3.79. The van der Waals surface area contributed by atoms with E-state index in [1.807, 2.05) is 0 Å². The summed E-state index contributed by atoms with van der Waals surface area (Å²) in [4.78, 5) is 11.8. The molecule has 8 heteroatoms. The molecule has 1 atom stereocenters.